The van der Waals surface area contributed by atoms with Crippen LogP contribution < -0.4 is 10.6 Å². The minimum Gasteiger partial charge on any atom is -0.384 e. The summed E-state index contributed by atoms with van der Waals surface area (Å²) in [7, 11) is 1.57. The Morgan fingerprint density at radius 3 is 3.00 bits per heavy atom. The zero-order valence-electron chi connectivity index (χ0n) is 11.2. The molecule has 18 heavy (non-hydrogen) atoms. The Kier molecular flexibility index (Phi) is 3.57. The Hall–Kier alpha value is -1.55. The van der Waals surface area contributed by atoms with Gasteiger partial charge in [-0.25, -0.2) is 0 Å². The summed E-state index contributed by atoms with van der Waals surface area (Å²) in [5.41, 5.74) is 2.48. The molecule has 0 bridgehead atoms. The number of anilines is 2. The summed E-state index contributed by atoms with van der Waals surface area (Å²) in [4.78, 5) is 12.1. The summed E-state index contributed by atoms with van der Waals surface area (Å²) in [6, 6.07) is 5.95. The molecule has 4 nitrogen and oxygen atoms in total. The normalized spacial score (nSPS) is 16.6. The summed E-state index contributed by atoms with van der Waals surface area (Å²) in [6.45, 7) is 4.71. The van der Waals surface area contributed by atoms with Gasteiger partial charge < -0.3 is 15.4 Å². The van der Waals surface area contributed by atoms with Gasteiger partial charge in [0.1, 0.15) is 5.60 Å². The number of hydrogen-bond donors (Lipinski definition) is 2. The van der Waals surface area contributed by atoms with Crippen LogP contribution in [-0.4, -0.2) is 25.2 Å². The molecule has 4 heteroatoms. The van der Waals surface area contributed by atoms with E-state index in [1.807, 2.05) is 25.1 Å². The van der Waals surface area contributed by atoms with Gasteiger partial charge in [-0.05, 0) is 43.5 Å². The van der Waals surface area contributed by atoms with E-state index in [1.165, 1.54) is 5.56 Å². The second-order valence-electron chi connectivity index (χ2n) is 4.79. The van der Waals surface area contributed by atoms with Crippen LogP contribution in [0.3, 0.4) is 0 Å². The molecule has 98 valence electrons. The van der Waals surface area contributed by atoms with Crippen molar-refractivity contribution in [3.05, 3.63) is 23.8 Å². The van der Waals surface area contributed by atoms with E-state index < -0.39 is 5.60 Å². The van der Waals surface area contributed by atoms with Crippen LogP contribution in [0.4, 0.5) is 11.4 Å². The molecule has 1 atom stereocenters. The predicted molar refractivity (Wildman–Crippen MR) is 73.0 cm³/mol. The van der Waals surface area contributed by atoms with Crippen LogP contribution in [0.25, 0.3) is 0 Å². The highest BCUT2D eigenvalue weighted by Crippen LogP contribution is 2.26. The largest absolute Gasteiger partial charge is 0.384 e. The lowest BCUT2D eigenvalue weighted by Crippen LogP contribution is -2.41. The minimum absolute atomic E-state index is 0.0987. The van der Waals surface area contributed by atoms with Gasteiger partial charge >= 0.3 is 0 Å². The van der Waals surface area contributed by atoms with E-state index in [9.17, 15) is 4.79 Å². The Morgan fingerprint density at radius 2 is 2.33 bits per heavy atom. The molecule has 1 aliphatic rings. The highest BCUT2D eigenvalue weighted by Gasteiger charge is 2.31. The van der Waals surface area contributed by atoms with Crippen molar-refractivity contribution < 1.29 is 9.53 Å². The average Bonchev–Trinajstić information content (AvgIpc) is 2.85. The van der Waals surface area contributed by atoms with E-state index >= 15 is 0 Å². The molecule has 1 aliphatic heterocycles. The summed E-state index contributed by atoms with van der Waals surface area (Å²) in [5.74, 6) is -0.0987. The number of methoxy groups -OCH3 is 1. The Morgan fingerprint density at radius 1 is 1.56 bits per heavy atom. The van der Waals surface area contributed by atoms with Crippen molar-refractivity contribution in [2.24, 2.45) is 0 Å². The third-order valence-corrected chi connectivity index (χ3v) is 3.68. The van der Waals surface area contributed by atoms with E-state index in [0.29, 0.717) is 6.42 Å². The van der Waals surface area contributed by atoms with Gasteiger partial charge in [0.05, 0.1) is 0 Å². The topological polar surface area (TPSA) is 50.4 Å². The van der Waals surface area contributed by atoms with Crippen LogP contribution in [-0.2, 0) is 16.0 Å². The average molecular weight is 248 g/mol. The number of carbonyl (C=O) groups is 1. The molecule has 1 heterocycles. The van der Waals surface area contributed by atoms with Gasteiger partial charge in [0, 0.05) is 25.0 Å². The lowest BCUT2D eigenvalue weighted by molar-refractivity contribution is -0.136. The summed E-state index contributed by atoms with van der Waals surface area (Å²) >= 11 is 0. The molecular weight excluding hydrogens is 228 g/mol. The number of carbonyl (C=O) groups excluding carboxylic acids is 1. The first kappa shape index (κ1) is 12.9. The van der Waals surface area contributed by atoms with Crippen molar-refractivity contribution in [1.82, 2.24) is 0 Å². The van der Waals surface area contributed by atoms with Crippen molar-refractivity contribution in [3.63, 3.8) is 0 Å². The molecule has 0 radical (unpaired) electrons. The Bertz CT molecular complexity index is 453. The standard InChI is InChI=1S/C14H20N2O2/c1-4-14(2,18-3)13(17)16-11-5-6-12-10(9-11)7-8-15-12/h5-6,9,15H,4,7-8H2,1-3H3,(H,16,17). The maximum atomic E-state index is 12.1. The third-order valence-electron chi connectivity index (χ3n) is 3.68. The number of benzene rings is 1. The third kappa shape index (κ3) is 2.34. The maximum Gasteiger partial charge on any atom is 0.256 e. The highest BCUT2D eigenvalue weighted by molar-refractivity contribution is 5.97. The molecule has 1 aromatic carbocycles. The molecule has 1 unspecified atom stereocenters. The molecule has 0 aromatic heterocycles. The zero-order chi connectivity index (χ0) is 13.2. The zero-order valence-corrected chi connectivity index (χ0v) is 11.2. The first-order valence-corrected chi connectivity index (χ1v) is 6.32. The molecule has 1 amide bonds. The number of fused-ring (bicyclic) bond motifs is 1. The fourth-order valence-electron chi connectivity index (χ4n) is 2.04. The predicted octanol–water partition coefficient (Wildman–Crippen LogP) is 2.41. The van der Waals surface area contributed by atoms with Crippen LogP contribution in [0.1, 0.15) is 25.8 Å². The first-order valence-electron chi connectivity index (χ1n) is 6.32. The summed E-state index contributed by atoms with van der Waals surface area (Å²) in [6.07, 6.45) is 1.65. The van der Waals surface area contributed by atoms with E-state index in [1.54, 1.807) is 14.0 Å². The van der Waals surface area contributed by atoms with Crippen LogP contribution in [0.2, 0.25) is 0 Å². The van der Waals surface area contributed by atoms with Crippen LogP contribution in [0.15, 0.2) is 18.2 Å². The lowest BCUT2D eigenvalue weighted by Gasteiger charge is -2.25. The van der Waals surface area contributed by atoms with Crippen molar-refractivity contribution in [3.8, 4) is 0 Å². The Labute approximate surface area is 108 Å². The fraction of sp³-hybridized carbons (Fsp3) is 0.500. The van der Waals surface area contributed by atoms with Gasteiger partial charge in [0.2, 0.25) is 0 Å². The van der Waals surface area contributed by atoms with Crippen LogP contribution in [0.5, 0.6) is 0 Å². The van der Waals surface area contributed by atoms with Gasteiger partial charge in [-0.3, -0.25) is 4.79 Å². The van der Waals surface area contributed by atoms with Gasteiger partial charge in [-0.2, -0.15) is 0 Å². The highest BCUT2D eigenvalue weighted by atomic mass is 16.5. The van der Waals surface area contributed by atoms with Gasteiger partial charge in [0.15, 0.2) is 0 Å². The molecule has 1 aromatic rings. The fourth-order valence-corrected chi connectivity index (χ4v) is 2.04. The number of hydrogen-bond acceptors (Lipinski definition) is 3. The minimum atomic E-state index is -0.767. The van der Waals surface area contributed by atoms with E-state index in [4.69, 9.17) is 4.74 Å². The molecule has 0 saturated carbocycles. The molecule has 0 spiro atoms. The van der Waals surface area contributed by atoms with E-state index in [-0.39, 0.29) is 5.91 Å². The molecule has 0 aliphatic carbocycles. The van der Waals surface area contributed by atoms with Crippen molar-refractivity contribution in [1.29, 1.82) is 0 Å². The quantitative estimate of drug-likeness (QED) is 0.860. The molecule has 0 fully saturated rings. The van der Waals surface area contributed by atoms with Gasteiger partial charge in [-0.1, -0.05) is 6.92 Å². The summed E-state index contributed by atoms with van der Waals surface area (Å²) in [5, 5.41) is 6.22. The molecular formula is C14H20N2O2. The lowest BCUT2D eigenvalue weighted by atomic mass is 10.0. The maximum absolute atomic E-state index is 12.1. The molecule has 2 rings (SSSR count). The number of nitrogens with one attached hydrogen (secondary N) is 2. The van der Waals surface area contributed by atoms with E-state index in [0.717, 1.165) is 24.3 Å². The molecule has 2 N–H and O–H groups in total. The van der Waals surface area contributed by atoms with Crippen LogP contribution >= 0.6 is 0 Å². The smallest absolute Gasteiger partial charge is 0.256 e. The SMILES string of the molecule is CCC(C)(OC)C(=O)Nc1ccc2c(c1)CCN2. The number of amides is 1. The Balaban J connectivity index is 2.12. The molecule has 0 saturated heterocycles. The van der Waals surface area contributed by atoms with Crippen molar-refractivity contribution >= 4 is 17.3 Å². The monoisotopic (exact) mass is 248 g/mol. The van der Waals surface area contributed by atoms with E-state index in [2.05, 4.69) is 10.6 Å². The van der Waals surface area contributed by atoms with Gasteiger partial charge in [-0.15, -0.1) is 0 Å². The second kappa shape index (κ2) is 4.98. The first-order chi connectivity index (χ1) is 8.59. The second-order valence-corrected chi connectivity index (χ2v) is 4.79. The number of ether oxygens (including phenoxy) is 1. The van der Waals surface area contributed by atoms with Gasteiger partial charge in [0.25, 0.3) is 5.91 Å². The van der Waals surface area contributed by atoms with Crippen LogP contribution in [0, 0.1) is 0 Å². The summed E-state index contributed by atoms with van der Waals surface area (Å²) < 4.78 is 5.29. The number of rotatable bonds is 4. The van der Waals surface area contributed by atoms with Crippen molar-refractivity contribution in [2.75, 3.05) is 24.3 Å². The van der Waals surface area contributed by atoms with Crippen molar-refractivity contribution in [2.45, 2.75) is 32.3 Å².